The largest absolute Gasteiger partial charge is 0.398 e. The van der Waals surface area contributed by atoms with E-state index in [1.807, 2.05) is 36.2 Å². The van der Waals surface area contributed by atoms with E-state index in [1.54, 1.807) is 0 Å². The van der Waals surface area contributed by atoms with E-state index in [0.29, 0.717) is 13.1 Å². The summed E-state index contributed by atoms with van der Waals surface area (Å²) in [5, 5.41) is 3.06. The van der Waals surface area contributed by atoms with Crippen molar-refractivity contribution >= 4 is 11.6 Å². The van der Waals surface area contributed by atoms with Gasteiger partial charge in [0.2, 0.25) is 5.91 Å². The predicted molar refractivity (Wildman–Crippen MR) is 79.2 cm³/mol. The maximum Gasteiger partial charge on any atom is 0.234 e. The molecule has 1 aromatic rings. The van der Waals surface area contributed by atoms with E-state index in [2.05, 4.69) is 5.32 Å². The van der Waals surface area contributed by atoms with E-state index in [1.165, 1.54) is 0 Å². The van der Waals surface area contributed by atoms with Gasteiger partial charge in [-0.3, -0.25) is 9.69 Å². The molecule has 0 bridgehead atoms. The molecule has 0 radical (unpaired) electrons. The van der Waals surface area contributed by atoms with Crippen LogP contribution in [0.1, 0.15) is 18.4 Å². The number of anilines is 1. The van der Waals surface area contributed by atoms with Gasteiger partial charge in [0.25, 0.3) is 0 Å². The lowest BCUT2D eigenvalue weighted by molar-refractivity contribution is -0.123. The summed E-state index contributed by atoms with van der Waals surface area (Å²) in [4.78, 5) is 13.9. The molecular weight excluding hydrogens is 254 g/mol. The van der Waals surface area contributed by atoms with Gasteiger partial charge >= 0.3 is 0 Å². The number of rotatable bonds is 5. The Kier molecular flexibility index (Phi) is 5.38. The monoisotopic (exact) mass is 277 g/mol. The lowest BCUT2D eigenvalue weighted by atomic mass is 10.1. The standard InChI is InChI=1S/C15H23N3O2/c1-18(10-12-4-2-3-5-14(12)16)11-15(19)17-13-6-8-20-9-7-13/h2-5,13H,6-11,16H2,1H3,(H,17,19). The van der Waals surface area contributed by atoms with Crippen LogP contribution in [0.4, 0.5) is 5.69 Å². The SMILES string of the molecule is CN(CC(=O)NC1CCOCC1)Cc1ccccc1N. The molecule has 20 heavy (non-hydrogen) atoms. The molecule has 1 aliphatic rings. The molecule has 0 spiro atoms. The van der Waals surface area contributed by atoms with Crippen molar-refractivity contribution in [1.82, 2.24) is 10.2 Å². The summed E-state index contributed by atoms with van der Waals surface area (Å²) in [6.07, 6.45) is 1.81. The Morgan fingerprint density at radius 3 is 2.80 bits per heavy atom. The van der Waals surface area contributed by atoms with Gasteiger partial charge in [-0.1, -0.05) is 18.2 Å². The molecule has 3 N–H and O–H groups in total. The van der Waals surface area contributed by atoms with Gasteiger partial charge in [0.05, 0.1) is 6.54 Å². The number of nitrogens with two attached hydrogens (primary N) is 1. The summed E-state index contributed by atoms with van der Waals surface area (Å²) in [5.74, 6) is 0.0638. The van der Waals surface area contributed by atoms with Crippen molar-refractivity contribution in [3.05, 3.63) is 29.8 Å². The fraction of sp³-hybridized carbons (Fsp3) is 0.533. The number of amides is 1. The van der Waals surface area contributed by atoms with Crippen LogP contribution < -0.4 is 11.1 Å². The van der Waals surface area contributed by atoms with E-state index in [4.69, 9.17) is 10.5 Å². The molecule has 1 amide bonds. The molecule has 2 rings (SSSR count). The number of para-hydroxylation sites is 1. The molecule has 5 heteroatoms. The molecule has 1 heterocycles. The molecule has 0 saturated carbocycles. The van der Waals surface area contributed by atoms with Gasteiger partial charge in [0.15, 0.2) is 0 Å². The van der Waals surface area contributed by atoms with Gasteiger partial charge in [-0.2, -0.15) is 0 Å². The maximum atomic E-state index is 12.0. The van der Waals surface area contributed by atoms with E-state index >= 15 is 0 Å². The molecule has 1 aromatic carbocycles. The van der Waals surface area contributed by atoms with E-state index in [-0.39, 0.29) is 11.9 Å². The Morgan fingerprint density at radius 1 is 1.40 bits per heavy atom. The minimum Gasteiger partial charge on any atom is -0.398 e. The van der Waals surface area contributed by atoms with Crippen molar-refractivity contribution in [1.29, 1.82) is 0 Å². The Balaban J connectivity index is 1.77. The molecule has 0 atom stereocenters. The summed E-state index contributed by atoms with van der Waals surface area (Å²) in [5.41, 5.74) is 7.73. The number of benzene rings is 1. The van der Waals surface area contributed by atoms with Gasteiger partial charge in [-0.15, -0.1) is 0 Å². The normalized spacial score (nSPS) is 16.3. The van der Waals surface area contributed by atoms with Gasteiger partial charge in [0.1, 0.15) is 0 Å². The lowest BCUT2D eigenvalue weighted by Gasteiger charge is -2.24. The summed E-state index contributed by atoms with van der Waals surface area (Å²) >= 11 is 0. The predicted octanol–water partition coefficient (Wildman–Crippen LogP) is 0.996. The van der Waals surface area contributed by atoms with Crippen LogP contribution in [-0.4, -0.2) is 43.7 Å². The molecule has 0 aliphatic carbocycles. The highest BCUT2D eigenvalue weighted by Gasteiger charge is 2.17. The molecular formula is C15H23N3O2. The minimum absolute atomic E-state index is 0.0638. The fourth-order valence-electron chi connectivity index (χ4n) is 2.39. The van der Waals surface area contributed by atoms with Gasteiger partial charge in [-0.05, 0) is 31.5 Å². The Morgan fingerprint density at radius 2 is 2.10 bits per heavy atom. The van der Waals surface area contributed by atoms with Crippen LogP contribution in [0.25, 0.3) is 0 Å². The summed E-state index contributed by atoms with van der Waals surface area (Å²) in [7, 11) is 1.93. The zero-order valence-electron chi connectivity index (χ0n) is 12.0. The van der Waals surface area contributed by atoms with Crippen molar-refractivity contribution in [2.24, 2.45) is 0 Å². The number of likely N-dealkylation sites (N-methyl/N-ethyl adjacent to an activating group) is 1. The number of ether oxygens (including phenoxy) is 1. The van der Waals surface area contributed by atoms with Crippen LogP contribution in [0.2, 0.25) is 0 Å². The Bertz CT molecular complexity index is 444. The Hall–Kier alpha value is -1.59. The second-order valence-electron chi connectivity index (χ2n) is 5.33. The van der Waals surface area contributed by atoms with Crippen molar-refractivity contribution in [2.45, 2.75) is 25.4 Å². The van der Waals surface area contributed by atoms with E-state index in [9.17, 15) is 4.79 Å². The van der Waals surface area contributed by atoms with E-state index < -0.39 is 0 Å². The number of nitrogens with zero attached hydrogens (tertiary/aromatic N) is 1. The highest BCUT2D eigenvalue weighted by atomic mass is 16.5. The summed E-state index contributed by atoms with van der Waals surface area (Å²) in [6.45, 7) is 2.53. The van der Waals surface area contributed by atoms with Crippen LogP contribution in [0.3, 0.4) is 0 Å². The summed E-state index contributed by atoms with van der Waals surface area (Å²) < 4.78 is 5.28. The summed E-state index contributed by atoms with van der Waals surface area (Å²) in [6, 6.07) is 8.00. The van der Waals surface area contributed by atoms with Crippen molar-refractivity contribution < 1.29 is 9.53 Å². The van der Waals surface area contributed by atoms with Crippen LogP contribution in [0.5, 0.6) is 0 Å². The van der Waals surface area contributed by atoms with Crippen molar-refractivity contribution in [3.63, 3.8) is 0 Å². The molecule has 0 aromatic heterocycles. The van der Waals surface area contributed by atoms with Crippen molar-refractivity contribution in [3.8, 4) is 0 Å². The molecule has 1 aliphatic heterocycles. The fourth-order valence-corrected chi connectivity index (χ4v) is 2.39. The van der Waals surface area contributed by atoms with Crippen LogP contribution in [0.15, 0.2) is 24.3 Å². The quantitative estimate of drug-likeness (QED) is 0.788. The second kappa shape index (κ2) is 7.26. The second-order valence-corrected chi connectivity index (χ2v) is 5.33. The van der Waals surface area contributed by atoms with Gasteiger partial charge < -0.3 is 15.8 Å². The lowest BCUT2D eigenvalue weighted by Crippen LogP contribution is -2.43. The molecule has 1 saturated heterocycles. The number of hydrogen-bond donors (Lipinski definition) is 2. The molecule has 110 valence electrons. The van der Waals surface area contributed by atoms with Crippen molar-refractivity contribution in [2.75, 3.05) is 32.5 Å². The smallest absolute Gasteiger partial charge is 0.234 e. The first-order chi connectivity index (χ1) is 9.65. The third-order valence-corrected chi connectivity index (χ3v) is 3.50. The molecule has 0 unspecified atom stereocenters. The van der Waals surface area contributed by atoms with Gasteiger partial charge in [-0.25, -0.2) is 0 Å². The number of nitrogen functional groups attached to an aromatic ring is 1. The van der Waals surface area contributed by atoms with Crippen LogP contribution >= 0.6 is 0 Å². The first kappa shape index (κ1) is 14.8. The zero-order chi connectivity index (χ0) is 14.4. The third-order valence-electron chi connectivity index (χ3n) is 3.50. The van der Waals surface area contributed by atoms with E-state index in [0.717, 1.165) is 37.3 Å². The highest BCUT2D eigenvalue weighted by molar-refractivity contribution is 5.78. The Labute approximate surface area is 120 Å². The first-order valence-electron chi connectivity index (χ1n) is 7.04. The first-order valence-corrected chi connectivity index (χ1v) is 7.04. The zero-order valence-corrected chi connectivity index (χ0v) is 12.0. The highest BCUT2D eigenvalue weighted by Crippen LogP contribution is 2.12. The van der Waals surface area contributed by atoms with Gasteiger partial charge in [0, 0.05) is 31.5 Å². The topological polar surface area (TPSA) is 67.6 Å². The number of hydrogen-bond acceptors (Lipinski definition) is 4. The number of carbonyl (C=O) groups is 1. The number of nitrogens with one attached hydrogen (secondary N) is 1. The molecule has 1 fully saturated rings. The van der Waals surface area contributed by atoms with Crippen LogP contribution in [0, 0.1) is 0 Å². The van der Waals surface area contributed by atoms with Crippen LogP contribution in [-0.2, 0) is 16.1 Å². The number of carbonyl (C=O) groups excluding carboxylic acids is 1. The average molecular weight is 277 g/mol. The minimum atomic E-state index is 0.0638. The molecule has 5 nitrogen and oxygen atoms in total. The average Bonchev–Trinajstić information content (AvgIpc) is 2.42. The maximum absolute atomic E-state index is 12.0. The third kappa shape index (κ3) is 4.51.